The van der Waals surface area contributed by atoms with Crippen LogP contribution in [0.1, 0.15) is 24.2 Å². The lowest BCUT2D eigenvalue weighted by Gasteiger charge is -2.19. The molecule has 0 radical (unpaired) electrons. The second-order valence-electron chi connectivity index (χ2n) is 6.48. The molecule has 0 N–H and O–H groups in total. The first-order chi connectivity index (χ1) is 14.8. The van der Waals surface area contributed by atoms with Crippen LogP contribution < -0.4 is 4.74 Å². The van der Waals surface area contributed by atoms with Gasteiger partial charge < -0.3 is 4.74 Å². The fraction of sp³-hybridized carbons (Fsp3) is 0.353. The number of carbonyl (C=O) groups is 1. The standard InChI is InChI=1S/C17H14F5N5O4S/c1-3-32(29,30)15-13(14-25-4-10(9(2)28)7-27(14)26-15)11-5-24-12(6-23-11)31-8-16(18,19)17(20,21)22/h4-7H,3,8H2,1-2H3. The van der Waals surface area contributed by atoms with Gasteiger partial charge in [-0.1, -0.05) is 6.92 Å². The molecule has 3 aromatic rings. The lowest BCUT2D eigenvalue weighted by atomic mass is 10.2. The van der Waals surface area contributed by atoms with Crippen molar-refractivity contribution in [3.63, 3.8) is 0 Å². The fourth-order valence-corrected chi connectivity index (χ4v) is 3.43. The summed E-state index contributed by atoms with van der Waals surface area (Å²) in [5.41, 5.74) is -0.0207. The predicted molar refractivity (Wildman–Crippen MR) is 98.2 cm³/mol. The molecule has 0 aliphatic rings. The quantitative estimate of drug-likeness (QED) is 0.375. The molecule has 0 fully saturated rings. The highest BCUT2D eigenvalue weighted by Crippen LogP contribution is 2.36. The summed E-state index contributed by atoms with van der Waals surface area (Å²) in [6, 6.07) is 0. The van der Waals surface area contributed by atoms with Crippen LogP contribution in [0, 0.1) is 0 Å². The van der Waals surface area contributed by atoms with Crippen LogP contribution in [0.15, 0.2) is 29.8 Å². The summed E-state index contributed by atoms with van der Waals surface area (Å²) in [5, 5.41) is 3.57. The Morgan fingerprint density at radius 3 is 2.31 bits per heavy atom. The molecule has 32 heavy (non-hydrogen) atoms. The van der Waals surface area contributed by atoms with Gasteiger partial charge in [0.15, 0.2) is 32.9 Å². The maximum absolute atomic E-state index is 13.0. The SMILES string of the molecule is CCS(=O)(=O)c1nn2cc(C(C)=O)cnc2c1-c1cnc(OCC(F)(F)C(F)(F)F)cn1. The number of hydrogen-bond donors (Lipinski definition) is 0. The Morgan fingerprint density at radius 2 is 1.78 bits per heavy atom. The summed E-state index contributed by atoms with van der Waals surface area (Å²) < 4.78 is 93.2. The number of nitrogens with zero attached hydrogens (tertiary/aromatic N) is 5. The molecule has 0 saturated carbocycles. The third-order valence-electron chi connectivity index (χ3n) is 4.22. The van der Waals surface area contributed by atoms with Crippen molar-refractivity contribution in [2.75, 3.05) is 12.4 Å². The van der Waals surface area contributed by atoms with Gasteiger partial charge in [-0.05, 0) is 6.92 Å². The molecule has 0 amide bonds. The number of alkyl halides is 5. The molecule has 0 bridgehead atoms. The summed E-state index contributed by atoms with van der Waals surface area (Å²) in [5.74, 6) is -6.41. The summed E-state index contributed by atoms with van der Waals surface area (Å²) >= 11 is 0. The molecular formula is C17H14F5N5O4S. The van der Waals surface area contributed by atoms with E-state index in [9.17, 15) is 35.2 Å². The van der Waals surface area contributed by atoms with E-state index in [4.69, 9.17) is 0 Å². The van der Waals surface area contributed by atoms with Crippen LogP contribution in [0.25, 0.3) is 16.9 Å². The second-order valence-corrected chi connectivity index (χ2v) is 8.67. The van der Waals surface area contributed by atoms with Crippen molar-refractivity contribution in [3.05, 3.63) is 30.4 Å². The molecule has 0 saturated heterocycles. The minimum Gasteiger partial charge on any atom is -0.470 e. The summed E-state index contributed by atoms with van der Waals surface area (Å²) in [7, 11) is -3.91. The van der Waals surface area contributed by atoms with Crippen molar-refractivity contribution in [2.45, 2.75) is 31.0 Å². The van der Waals surface area contributed by atoms with E-state index in [-0.39, 0.29) is 34.0 Å². The zero-order valence-electron chi connectivity index (χ0n) is 16.4. The van der Waals surface area contributed by atoms with Crippen LogP contribution in [-0.4, -0.2) is 63.2 Å². The van der Waals surface area contributed by atoms with E-state index < -0.39 is 39.4 Å². The Hall–Kier alpha value is -3.23. The zero-order valence-corrected chi connectivity index (χ0v) is 17.2. The summed E-state index contributed by atoms with van der Waals surface area (Å²) in [6.07, 6.45) is -1.64. The van der Waals surface area contributed by atoms with Gasteiger partial charge in [-0.25, -0.2) is 27.9 Å². The molecule has 15 heteroatoms. The van der Waals surface area contributed by atoms with Gasteiger partial charge in [0.2, 0.25) is 5.88 Å². The molecule has 0 aliphatic heterocycles. The van der Waals surface area contributed by atoms with Crippen LogP contribution in [-0.2, 0) is 9.84 Å². The van der Waals surface area contributed by atoms with Gasteiger partial charge in [0.1, 0.15) is 0 Å². The van der Waals surface area contributed by atoms with E-state index in [1.54, 1.807) is 0 Å². The number of fused-ring (bicyclic) bond motifs is 1. The average molecular weight is 479 g/mol. The van der Waals surface area contributed by atoms with Crippen LogP contribution in [0.2, 0.25) is 0 Å². The maximum atomic E-state index is 13.0. The Morgan fingerprint density at radius 1 is 1.09 bits per heavy atom. The summed E-state index contributed by atoms with van der Waals surface area (Å²) in [4.78, 5) is 23.1. The molecule has 3 heterocycles. The highest BCUT2D eigenvalue weighted by atomic mass is 32.2. The van der Waals surface area contributed by atoms with E-state index in [1.807, 2.05) is 0 Å². The largest absolute Gasteiger partial charge is 0.470 e. The smallest absolute Gasteiger partial charge is 0.456 e. The van der Waals surface area contributed by atoms with E-state index in [2.05, 4.69) is 24.8 Å². The number of carbonyl (C=O) groups excluding carboxylic acids is 1. The van der Waals surface area contributed by atoms with Gasteiger partial charge in [0.05, 0.1) is 35.0 Å². The van der Waals surface area contributed by atoms with E-state index >= 15 is 0 Å². The van der Waals surface area contributed by atoms with Gasteiger partial charge in [-0.2, -0.15) is 27.1 Å². The molecule has 0 atom stereocenters. The fourth-order valence-electron chi connectivity index (χ4n) is 2.44. The minimum absolute atomic E-state index is 0.00796. The van der Waals surface area contributed by atoms with Crippen LogP contribution in [0.5, 0.6) is 5.88 Å². The lowest BCUT2D eigenvalue weighted by Crippen LogP contribution is -2.41. The molecule has 0 unspecified atom stereocenters. The minimum atomic E-state index is -5.80. The van der Waals surface area contributed by atoms with Crippen LogP contribution in [0.4, 0.5) is 22.0 Å². The van der Waals surface area contributed by atoms with Gasteiger partial charge in [-0.15, -0.1) is 0 Å². The van der Waals surface area contributed by atoms with Crippen LogP contribution >= 0.6 is 0 Å². The first kappa shape index (κ1) is 23.4. The average Bonchev–Trinajstić information content (AvgIpc) is 3.11. The Balaban J connectivity index is 2.03. The topological polar surface area (TPSA) is 116 Å². The number of sulfone groups is 1. The molecule has 0 spiro atoms. The van der Waals surface area contributed by atoms with Gasteiger partial charge in [0.25, 0.3) is 0 Å². The number of ether oxygens (including phenoxy) is 1. The second kappa shape index (κ2) is 8.03. The number of aromatic nitrogens is 5. The lowest BCUT2D eigenvalue weighted by molar-refractivity contribution is -0.290. The van der Waals surface area contributed by atoms with Crippen molar-refractivity contribution in [1.82, 2.24) is 24.6 Å². The van der Waals surface area contributed by atoms with Crippen molar-refractivity contribution >= 4 is 21.3 Å². The first-order valence-electron chi connectivity index (χ1n) is 8.78. The third-order valence-corrected chi connectivity index (χ3v) is 5.86. The van der Waals surface area contributed by atoms with Crippen LogP contribution in [0.3, 0.4) is 0 Å². The number of halogens is 5. The maximum Gasteiger partial charge on any atom is 0.456 e. The molecule has 9 nitrogen and oxygen atoms in total. The normalized spacial score (nSPS) is 12.8. The van der Waals surface area contributed by atoms with E-state index in [1.165, 1.54) is 26.2 Å². The first-order valence-corrected chi connectivity index (χ1v) is 10.4. The molecule has 0 aromatic carbocycles. The monoisotopic (exact) mass is 479 g/mol. The van der Waals surface area contributed by atoms with Gasteiger partial charge >= 0.3 is 12.1 Å². The highest BCUT2D eigenvalue weighted by molar-refractivity contribution is 7.91. The van der Waals surface area contributed by atoms with Crippen molar-refractivity contribution < 1.29 is 39.9 Å². The Bertz CT molecular complexity index is 1270. The molecule has 0 aliphatic carbocycles. The van der Waals surface area contributed by atoms with Crippen molar-refractivity contribution in [1.29, 1.82) is 0 Å². The van der Waals surface area contributed by atoms with E-state index in [0.29, 0.717) is 0 Å². The summed E-state index contributed by atoms with van der Waals surface area (Å²) in [6.45, 7) is 0.649. The number of rotatable bonds is 7. The predicted octanol–water partition coefficient (Wildman–Crippen LogP) is 2.76. The molecular weight excluding hydrogens is 465 g/mol. The number of ketones is 1. The number of hydrogen-bond acceptors (Lipinski definition) is 8. The Labute approximate surface area is 177 Å². The highest BCUT2D eigenvalue weighted by Gasteiger charge is 2.58. The van der Waals surface area contributed by atoms with Gasteiger partial charge in [-0.3, -0.25) is 4.79 Å². The third kappa shape index (κ3) is 4.37. The van der Waals surface area contributed by atoms with Crippen molar-refractivity contribution in [3.8, 4) is 17.1 Å². The van der Waals surface area contributed by atoms with E-state index in [0.717, 1.165) is 16.9 Å². The zero-order chi connectivity index (χ0) is 23.9. The number of Topliss-reactive ketones (excluding diaryl/α,β-unsaturated/α-hetero) is 1. The molecule has 3 rings (SSSR count). The van der Waals surface area contributed by atoms with Crippen molar-refractivity contribution in [2.24, 2.45) is 0 Å². The molecule has 172 valence electrons. The Kier molecular flexibility index (Phi) is 5.88. The van der Waals surface area contributed by atoms with Gasteiger partial charge in [0, 0.05) is 12.4 Å². The molecule has 3 aromatic heterocycles.